The van der Waals surface area contributed by atoms with Crippen molar-refractivity contribution in [2.45, 2.75) is 52.1 Å². The molecule has 1 atom stereocenters. The number of benzene rings is 1. The zero-order valence-electron chi connectivity index (χ0n) is 13.9. The quantitative estimate of drug-likeness (QED) is 0.717. The van der Waals surface area contributed by atoms with Gasteiger partial charge in [-0.15, -0.1) is 0 Å². The van der Waals surface area contributed by atoms with E-state index in [1.807, 2.05) is 6.92 Å². The summed E-state index contributed by atoms with van der Waals surface area (Å²) < 4.78 is 10.9. The minimum Gasteiger partial charge on any atom is -0.492 e. The SMILES string of the molecule is CCCCC(C)(OC)C(=O)Nc1ccc(OCCC)c(Cl)c1. The van der Waals surface area contributed by atoms with E-state index in [0.717, 1.165) is 19.3 Å². The lowest BCUT2D eigenvalue weighted by Crippen LogP contribution is -2.41. The van der Waals surface area contributed by atoms with E-state index in [-0.39, 0.29) is 5.91 Å². The first kappa shape index (κ1) is 18.8. The molecule has 0 saturated heterocycles. The molecule has 0 aliphatic carbocycles. The van der Waals surface area contributed by atoms with Crippen LogP contribution in [0.15, 0.2) is 18.2 Å². The highest BCUT2D eigenvalue weighted by Gasteiger charge is 2.32. The number of anilines is 1. The Morgan fingerprint density at radius 3 is 2.59 bits per heavy atom. The first-order chi connectivity index (χ1) is 10.5. The van der Waals surface area contributed by atoms with Crippen molar-refractivity contribution in [1.82, 2.24) is 0 Å². The molecular weight excluding hydrogens is 302 g/mol. The molecule has 0 fully saturated rings. The average Bonchev–Trinajstić information content (AvgIpc) is 2.51. The molecule has 4 nitrogen and oxygen atoms in total. The number of hydrogen-bond acceptors (Lipinski definition) is 3. The Balaban J connectivity index is 2.76. The number of nitrogens with one attached hydrogen (secondary N) is 1. The lowest BCUT2D eigenvalue weighted by Gasteiger charge is -2.26. The Morgan fingerprint density at radius 2 is 2.05 bits per heavy atom. The standard InChI is InChI=1S/C17H26ClNO3/c1-5-7-10-17(3,21-4)16(20)19-13-8-9-15(14(18)12-13)22-11-6-2/h8-9,12H,5-7,10-11H2,1-4H3,(H,19,20). The molecule has 0 aliphatic heterocycles. The zero-order valence-corrected chi connectivity index (χ0v) is 14.6. The molecule has 1 aromatic rings. The maximum absolute atomic E-state index is 12.4. The number of carbonyl (C=O) groups excluding carboxylic acids is 1. The minimum absolute atomic E-state index is 0.165. The monoisotopic (exact) mass is 327 g/mol. The molecule has 0 bridgehead atoms. The van der Waals surface area contributed by atoms with Crippen LogP contribution < -0.4 is 10.1 Å². The largest absolute Gasteiger partial charge is 0.492 e. The Morgan fingerprint density at radius 1 is 1.32 bits per heavy atom. The van der Waals surface area contributed by atoms with Crippen LogP contribution in [0.3, 0.4) is 0 Å². The van der Waals surface area contributed by atoms with Crippen molar-refractivity contribution in [2.24, 2.45) is 0 Å². The van der Waals surface area contributed by atoms with Gasteiger partial charge in [-0.1, -0.05) is 38.3 Å². The van der Waals surface area contributed by atoms with Crippen molar-refractivity contribution in [3.8, 4) is 5.75 Å². The first-order valence-electron chi connectivity index (χ1n) is 7.75. The number of ether oxygens (including phenoxy) is 2. The highest BCUT2D eigenvalue weighted by molar-refractivity contribution is 6.32. The molecule has 1 amide bonds. The van der Waals surface area contributed by atoms with E-state index in [1.54, 1.807) is 32.2 Å². The number of methoxy groups -OCH3 is 1. The molecule has 0 aromatic heterocycles. The zero-order chi connectivity index (χ0) is 16.6. The lowest BCUT2D eigenvalue weighted by molar-refractivity contribution is -0.136. The third-order valence-electron chi connectivity index (χ3n) is 3.59. The van der Waals surface area contributed by atoms with Crippen LogP contribution in [0.5, 0.6) is 5.75 Å². The Bertz CT molecular complexity index is 493. The second kappa shape index (κ2) is 9.01. The topological polar surface area (TPSA) is 47.6 Å². The van der Waals surface area contributed by atoms with Crippen LogP contribution in [0, 0.1) is 0 Å². The molecular formula is C17H26ClNO3. The van der Waals surface area contributed by atoms with Crippen molar-refractivity contribution in [1.29, 1.82) is 0 Å². The van der Waals surface area contributed by atoms with Gasteiger partial charge in [-0.3, -0.25) is 4.79 Å². The molecule has 1 rings (SSSR count). The fraction of sp³-hybridized carbons (Fsp3) is 0.588. The molecule has 0 aliphatic rings. The second-order valence-electron chi connectivity index (χ2n) is 5.49. The van der Waals surface area contributed by atoms with Gasteiger partial charge in [-0.05, 0) is 38.0 Å². The maximum atomic E-state index is 12.4. The van der Waals surface area contributed by atoms with Crippen molar-refractivity contribution >= 4 is 23.2 Å². The number of unbranched alkanes of at least 4 members (excludes halogenated alkanes) is 1. The van der Waals surface area contributed by atoms with Crippen molar-refractivity contribution in [3.05, 3.63) is 23.2 Å². The summed E-state index contributed by atoms with van der Waals surface area (Å²) in [6, 6.07) is 5.24. The predicted molar refractivity (Wildman–Crippen MR) is 90.8 cm³/mol. The molecule has 0 spiro atoms. The smallest absolute Gasteiger partial charge is 0.256 e. The molecule has 0 heterocycles. The van der Waals surface area contributed by atoms with E-state index in [1.165, 1.54) is 0 Å². The number of halogens is 1. The lowest BCUT2D eigenvalue weighted by atomic mass is 9.97. The van der Waals surface area contributed by atoms with Crippen molar-refractivity contribution < 1.29 is 14.3 Å². The van der Waals surface area contributed by atoms with Gasteiger partial charge in [0.05, 0.1) is 11.6 Å². The van der Waals surface area contributed by atoms with E-state index < -0.39 is 5.60 Å². The molecule has 0 radical (unpaired) electrons. The Labute approximate surface area is 138 Å². The van der Waals surface area contributed by atoms with Crippen LogP contribution in [-0.2, 0) is 9.53 Å². The second-order valence-corrected chi connectivity index (χ2v) is 5.89. The number of rotatable bonds is 9. The summed E-state index contributed by atoms with van der Waals surface area (Å²) >= 11 is 6.17. The molecule has 124 valence electrons. The molecule has 22 heavy (non-hydrogen) atoms. The van der Waals surface area contributed by atoms with Gasteiger partial charge in [-0.2, -0.15) is 0 Å². The Kier molecular flexibility index (Phi) is 7.69. The van der Waals surface area contributed by atoms with Gasteiger partial charge in [0, 0.05) is 12.8 Å². The van der Waals surface area contributed by atoms with Crippen LogP contribution in [0.1, 0.15) is 46.5 Å². The highest BCUT2D eigenvalue weighted by atomic mass is 35.5. The molecule has 1 N–H and O–H groups in total. The maximum Gasteiger partial charge on any atom is 0.256 e. The summed E-state index contributed by atoms with van der Waals surface area (Å²) in [4.78, 5) is 12.4. The van der Waals surface area contributed by atoms with Gasteiger partial charge in [0.1, 0.15) is 11.4 Å². The van der Waals surface area contributed by atoms with Gasteiger partial charge in [-0.25, -0.2) is 0 Å². The Hall–Kier alpha value is -1.26. The van der Waals surface area contributed by atoms with E-state index in [2.05, 4.69) is 12.2 Å². The molecule has 1 unspecified atom stereocenters. The van der Waals surface area contributed by atoms with Gasteiger partial charge < -0.3 is 14.8 Å². The van der Waals surface area contributed by atoms with Crippen LogP contribution in [0.2, 0.25) is 5.02 Å². The average molecular weight is 328 g/mol. The molecule has 1 aromatic carbocycles. The van der Waals surface area contributed by atoms with Crippen molar-refractivity contribution in [2.75, 3.05) is 19.0 Å². The fourth-order valence-electron chi connectivity index (χ4n) is 1.99. The third-order valence-corrected chi connectivity index (χ3v) is 3.89. The van der Waals surface area contributed by atoms with E-state index in [0.29, 0.717) is 29.5 Å². The van der Waals surface area contributed by atoms with Crippen molar-refractivity contribution in [3.63, 3.8) is 0 Å². The van der Waals surface area contributed by atoms with Gasteiger partial charge >= 0.3 is 0 Å². The van der Waals surface area contributed by atoms with Crippen LogP contribution in [0.25, 0.3) is 0 Å². The predicted octanol–water partition coefficient (Wildman–Crippen LogP) is 4.66. The van der Waals surface area contributed by atoms with Gasteiger partial charge in [0.25, 0.3) is 5.91 Å². The van der Waals surface area contributed by atoms with Crippen LogP contribution in [0.4, 0.5) is 5.69 Å². The van der Waals surface area contributed by atoms with E-state index in [9.17, 15) is 4.79 Å². The summed E-state index contributed by atoms with van der Waals surface area (Å²) in [5.41, 5.74) is -0.196. The number of carbonyl (C=O) groups is 1. The van der Waals surface area contributed by atoms with Gasteiger partial charge in [0.2, 0.25) is 0 Å². The normalized spacial score (nSPS) is 13.5. The van der Waals surface area contributed by atoms with E-state index in [4.69, 9.17) is 21.1 Å². The molecule has 5 heteroatoms. The number of hydrogen-bond donors (Lipinski definition) is 1. The fourth-order valence-corrected chi connectivity index (χ4v) is 2.23. The van der Waals surface area contributed by atoms with Gasteiger partial charge in [0.15, 0.2) is 0 Å². The summed E-state index contributed by atoms with van der Waals surface area (Å²) in [6.07, 6.45) is 3.54. The summed E-state index contributed by atoms with van der Waals surface area (Å²) in [6.45, 7) is 6.54. The first-order valence-corrected chi connectivity index (χ1v) is 8.13. The number of amides is 1. The summed E-state index contributed by atoms with van der Waals surface area (Å²) in [5.74, 6) is 0.462. The van der Waals surface area contributed by atoms with Crippen LogP contribution >= 0.6 is 11.6 Å². The highest BCUT2D eigenvalue weighted by Crippen LogP contribution is 2.29. The summed E-state index contributed by atoms with van der Waals surface area (Å²) in [7, 11) is 1.56. The van der Waals surface area contributed by atoms with E-state index >= 15 is 0 Å². The minimum atomic E-state index is -0.833. The third kappa shape index (κ3) is 5.18. The molecule has 0 saturated carbocycles. The van der Waals surface area contributed by atoms with Crippen LogP contribution in [-0.4, -0.2) is 25.2 Å². The summed E-state index contributed by atoms with van der Waals surface area (Å²) in [5, 5.41) is 3.35.